The maximum Gasteiger partial charge on any atom is 0.356 e. The van der Waals surface area contributed by atoms with Crippen molar-refractivity contribution in [3.63, 3.8) is 0 Å². The largest absolute Gasteiger partial charge is 0.476 e. The lowest BCUT2D eigenvalue weighted by Gasteiger charge is -2.05. The van der Waals surface area contributed by atoms with Gasteiger partial charge >= 0.3 is 5.97 Å². The second-order valence-electron chi connectivity index (χ2n) is 4.48. The molecule has 0 spiro atoms. The van der Waals surface area contributed by atoms with Gasteiger partial charge in [-0.2, -0.15) is 5.10 Å². The first-order valence-corrected chi connectivity index (χ1v) is 6.58. The number of nitrogens with zero attached hydrogens (tertiary/aromatic N) is 3. The summed E-state index contributed by atoms with van der Waals surface area (Å²) in [5, 5.41) is 14.1. The summed E-state index contributed by atoms with van der Waals surface area (Å²) in [4.78, 5) is 19.6. The van der Waals surface area contributed by atoms with Crippen LogP contribution in [0.3, 0.4) is 0 Å². The Labute approximate surface area is 126 Å². The minimum Gasteiger partial charge on any atom is -0.476 e. The van der Waals surface area contributed by atoms with Gasteiger partial charge in [0, 0.05) is 10.9 Å². The van der Waals surface area contributed by atoms with Gasteiger partial charge in [-0.25, -0.2) is 14.8 Å². The second kappa shape index (κ2) is 6.01. The molecule has 2 aromatic carbocycles. The Kier molecular flexibility index (Phi) is 3.74. The van der Waals surface area contributed by atoms with Gasteiger partial charge in [0.15, 0.2) is 11.5 Å². The van der Waals surface area contributed by atoms with Crippen molar-refractivity contribution in [2.75, 3.05) is 5.43 Å². The molecule has 3 rings (SSSR count). The number of hydrogen-bond donors (Lipinski definition) is 2. The van der Waals surface area contributed by atoms with Gasteiger partial charge in [0.1, 0.15) is 6.33 Å². The summed E-state index contributed by atoms with van der Waals surface area (Å²) in [6.07, 6.45) is 1.41. The predicted molar refractivity (Wildman–Crippen MR) is 83.8 cm³/mol. The Hall–Kier alpha value is -3.28. The molecule has 6 nitrogen and oxygen atoms in total. The van der Waals surface area contributed by atoms with E-state index in [1.807, 2.05) is 30.3 Å². The van der Waals surface area contributed by atoms with E-state index in [0.717, 1.165) is 10.9 Å². The smallest absolute Gasteiger partial charge is 0.356 e. The number of para-hydroxylation sites is 1. The van der Waals surface area contributed by atoms with Gasteiger partial charge in [0.05, 0.1) is 5.52 Å². The highest BCUT2D eigenvalue weighted by Gasteiger charge is 2.12. The first-order chi connectivity index (χ1) is 10.8. The molecule has 6 heteroatoms. The summed E-state index contributed by atoms with van der Waals surface area (Å²) in [6.45, 7) is 0. The van der Waals surface area contributed by atoms with Crippen molar-refractivity contribution in [1.82, 2.24) is 9.97 Å². The van der Waals surface area contributed by atoms with Crippen LogP contribution in [-0.4, -0.2) is 26.8 Å². The molecule has 0 aliphatic rings. The minimum atomic E-state index is -1.11. The molecular weight excluding hydrogens is 280 g/mol. The maximum absolute atomic E-state index is 11.4. The van der Waals surface area contributed by atoms with E-state index in [2.05, 4.69) is 20.5 Å². The first-order valence-electron chi connectivity index (χ1n) is 6.58. The summed E-state index contributed by atoms with van der Waals surface area (Å²) in [7, 11) is 0. The van der Waals surface area contributed by atoms with Crippen LogP contribution in [-0.2, 0) is 4.79 Å². The number of carbonyl (C=O) groups is 1. The second-order valence-corrected chi connectivity index (χ2v) is 4.48. The molecule has 2 N–H and O–H groups in total. The van der Waals surface area contributed by atoms with Crippen LogP contribution in [0, 0.1) is 0 Å². The fourth-order valence-corrected chi connectivity index (χ4v) is 2.03. The normalized spacial score (nSPS) is 11.4. The van der Waals surface area contributed by atoms with Crippen LogP contribution in [0.5, 0.6) is 0 Å². The zero-order valence-electron chi connectivity index (χ0n) is 11.5. The zero-order valence-corrected chi connectivity index (χ0v) is 11.5. The number of rotatable bonds is 4. The number of hydrogen-bond acceptors (Lipinski definition) is 5. The lowest BCUT2D eigenvalue weighted by Crippen LogP contribution is -2.16. The molecule has 0 aliphatic heterocycles. The third-order valence-electron chi connectivity index (χ3n) is 3.07. The molecule has 0 amide bonds. The molecule has 1 heterocycles. The van der Waals surface area contributed by atoms with Crippen LogP contribution >= 0.6 is 0 Å². The number of hydrazone groups is 1. The number of anilines is 1. The molecule has 3 aromatic rings. The van der Waals surface area contributed by atoms with Crippen LogP contribution in [0.15, 0.2) is 66.0 Å². The van der Waals surface area contributed by atoms with Gasteiger partial charge in [-0.1, -0.05) is 42.5 Å². The fraction of sp³-hybridized carbons (Fsp3) is 0. The van der Waals surface area contributed by atoms with Gasteiger partial charge in [0.25, 0.3) is 0 Å². The number of aliphatic carboxylic acids is 1. The van der Waals surface area contributed by atoms with Crippen molar-refractivity contribution in [3.05, 3.63) is 66.5 Å². The Morgan fingerprint density at radius 3 is 2.50 bits per heavy atom. The Balaban J connectivity index is 1.98. The topological polar surface area (TPSA) is 87.5 Å². The Bertz CT molecular complexity index is 842. The first kappa shape index (κ1) is 13.7. The number of carboxylic acids is 1. The Morgan fingerprint density at radius 1 is 1.00 bits per heavy atom. The van der Waals surface area contributed by atoms with E-state index in [-0.39, 0.29) is 5.71 Å². The van der Waals surface area contributed by atoms with E-state index in [9.17, 15) is 9.90 Å². The van der Waals surface area contributed by atoms with Gasteiger partial charge < -0.3 is 5.11 Å². The number of fused-ring (bicyclic) bond motifs is 1. The molecule has 108 valence electrons. The molecule has 22 heavy (non-hydrogen) atoms. The van der Waals surface area contributed by atoms with Crippen LogP contribution in [0.2, 0.25) is 0 Å². The highest BCUT2D eigenvalue weighted by molar-refractivity contribution is 6.42. The third kappa shape index (κ3) is 2.76. The summed E-state index contributed by atoms with van der Waals surface area (Å²) in [6, 6.07) is 16.1. The summed E-state index contributed by atoms with van der Waals surface area (Å²) in [5.74, 6) is -0.655. The van der Waals surface area contributed by atoms with Gasteiger partial charge in [-0.3, -0.25) is 5.43 Å². The molecule has 0 saturated carbocycles. The van der Waals surface area contributed by atoms with Crippen LogP contribution in [0.4, 0.5) is 5.82 Å². The van der Waals surface area contributed by atoms with E-state index in [0.29, 0.717) is 11.4 Å². The standard InChI is InChI=1S/C16H12N4O2/c21-16(22)14(11-6-2-1-3-7-11)19-20-15-12-8-4-5-9-13(12)17-10-18-15/h1-10H,(H,21,22)(H,17,18,20). The Morgan fingerprint density at radius 2 is 1.73 bits per heavy atom. The maximum atomic E-state index is 11.4. The third-order valence-corrected chi connectivity index (χ3v) is 3.07. The fourth-order valence-electron chi connectivity index (χ4n) is 2.03. The van der Waals surface area contributed by atoms with Gasteiger partial charge in [-0.15, -0.1) is 0 Å². The average Bonchev–Trinajstić information content (AvgIpc) is 2.56. The number of nitrogens with one attached hydrogen (secondary N) is 1. The molecule has 0 saturated heterocycles. The van der Waals surface area contributed by atoms with E-state index in [4.69, 9.17) is 0 Å². The van der Waals surface area contributed by atoms with Crippen molar-refractivity contribution in [3.8, 4) is 0 Å². The zero-order chi connectivity index (χ0) is 15.4. The number of benzene rings is 2. The molecule has 0 radical (unpaired) electrons. The molecule has 0 fully saturated rings. The quantitative estimate of drug-likeness (QED) is 0.570. The van der Waals surface area contributed by atoms with Crippen LogP contribution < -0.4 is 5.43 Å². The van der Waals surface area contributed by atoms with Gasteiger partial charge in [-0.05, 0) is 12.1 Å². The van der Waals surface area contributed by atoms with Crippen molar-refractivity contribution in [2.24, 2.45) is 5.10 Å². The van der Waals surface area contributed by atoms with E-state index < -0.39 is 5.97 Å². The van der Waals surface area contributed by atoms with Gasteiger partial charge in [0.2, 0.25) is 0 Å². The summed E-state index contributed by atoms with van der Waals surface area (Å²) in [5.41, 5.74) is 3.91. The SMILES string of the molecule is O=C(O)C(=NNc1ncnc2ccccc12)c1ccccc1. The number of carboxylic acid groups (broad SMARTS) is 1. The summed E-state index contributed by atoms with van der Waals surface area (Å²) >= 11 is 0. The highest BCUT2D eigenvalue weighted by atomic mass is 16.4. The molecule has 1 aromatic heterocycles. The molecule has 0 bridgehead atoms. The lowest BCUT2D eigenvalue weighted by atomic mass is 10.1. The van der Waals surface area contributed by atoms with Crippen molar-refractivity contribution >= 4 is 28.4 Å². The average molecular weight is 292 g/mol. The van der Waals surface area contributed by atoms with Crippen molar-refractivity contribution in [1.29, 1.82) is 0 Å². The monoisotopic (exact) mass is 292 g/mol. The lowest BCUT2D eigenvalue weighted by molar-refractivity contribution is -0.129. The molecular formula is C16H12N4O2. The molecule has 0 aliphatic carbocycles. The van der Waals surface area contributed by atoms with E-state index >= 15 is 0 Å². The van der Waals surface area contributed by atoms with Crippen LogP contribution in [0.1, 0.15) is 5.56 Å². The minimum absolute atomic E-state index is 0.0803. The van der Waals surface area contributed by atoms with E-state index in [1.54, 1.807) is 24.3 Å². The molecule has 0 atom stereocenters. The van der Waals surface area contributed by atoms with Crippen molar-refractivity contribution < 1.29 is 9.90 Å². The summed E-state index contributed by atoms with van der Waals surface area (Å²) < 4.78 is 0. The van der Waals surface area contributed by atoms with Crippen molar-refractivity contribution in [2.45, 2.75) is 0 Å². The highest BCUT2D eigenvalue weighted by Crippen LogP contribution is 2.18. The number of aromatic nitrogens is 2. The van der Waals surface area contributed by atoms with Crippen LogP contribution in [0.25, 0.3) is 10.9 Å². The molecule has 0 unspecified atom stereocenters. The predicted octanol–water partition coefficient (Wildman–Crippen LogP) is 2.53. The van der Waals surface area contributed by atoms with E-state index in [1.165, 1.54) is 6.33 Å².